The van der Waals surface area contributed by atoms with Crippen molar-refractivity contribution in [1.29, 1.82) is 0 Å². The van der Waals surface area contributed by atoms with Gasteiger partial charge in [-0.15, -0.1) is 0 Å². The van der Waals surface area contributed by atoms with Gasteiger partial charge in [0.05, 0.1) is 0 Å². The smallest absolute Gasteiger partial charge is 0.290 e. The minimum atomic E-state index is -0.488. The summed E-state index contributed by atoms with van der Waals surface area (Å²) in [4.78, 5) is 32.5. The summed E-state index contributed by atoms with van der Waals surface area (Å²) < 4.78 is 0.955. The minimum absolute atomic E-state index is 0.171. The van der Waals surface area contributed by atoms with E-state index in [1.54, 1.807) is 0 Å². The largest absolute Gasteiger partial charge is 0.329 e. The molecule has 0 aliphatic rings. The Kier molecular flexibility index (Phi) is 1.48. The first-order chi connectivity index (χ1) is 6.20. The number of aromatic amines is 1. The van der Waals surface area contributed by atoms with Crippen LogP contribution in [-0.2, 0) is 7.05 Å². The van der Waals surface area contributed by atoms with E-state index in [0.29, 0.717) is 0 Å². The maximum Gasteiger partial charge on any atom is 0.329 e. The third-order valence-electron chi connectivity index (χ3n) is 1.74. The summed E-state index contributed by atoms with van der Waals surface area (Å²) in [6.07, 6.45) is 2.82. The van der Waals surface area contributed by atoms with Crippen LogP contribution in [-0.4, -0.2) is 19.5 Å². The summed E-state index contributed by atoms with van der Waals surface area (Å²) in [7, 11) is 1.38. The van der Waals surface area contributed by atoms with E-state index in [-0.39, 0.29) is 11.2 Å². The summed E-state index contributed by atoms with van der Waals surface area (Å²) in [5.41, 5.74) is -0.537. The van der Waals surface area contributed by atoms with Crippen molar-refractivity contribution < 1.29 is 0 Å². The lowest BCUT2D eigenvalue weighted by molar-refractivity contribution is 0.786. The van der Waals surface area contributed by atoms with E-state index >= 15 is 0 Å². The predicted octanol–water partition coefficient (Wildman–Crippen LogP) is -0.983. The number of fused-ring (bicyclic) bond motifs is 1. The fraction of sp³-hybridized carbons (Fsp3) is 0.143. The molecule has 0 saturated carbocycles. The highest BCUT2D eigenvalue weighted by atomic mass is 16.2. The number of nitrogens with one attached hydrogen (secondary N) is 1. The highest BCUT2D eigenvalue weighted by molar-refractivity contribution is 5.66. The molecule has 6 nitrogen and oxygen atoms in total. The molecule has 0 atom stereocenters. The average molecular weight is 178 g/mol. The quantitative estimate of drug-likeness (QED) is 0.562. The fourth-order valence-electron chi connectivity index (χ4n) is 1.02. The molecule has 0 fully saturated rings. The number of hydrogen-bond donors (Lipinski definition) is 1. The van der Waals surface area contributed by atoms with Crippen molar-refractivity contribution in [2.75, 3.05) is 0 Å². The lowest BCUT2D eigenvalue weighted by Gasteiger charge is -1.97. The van der Waals surface area contributed by atoms with Gasteiger partial charge >= 0.3 is 5.69 Å². The minimum Gasteiger partial charge on any atom is -0.290 e. The molecule has 0 radical (unpaired) electrons. The molecule has 13 heavy (non-hydrogen) atoms. The Morgan fingerprint density at radius 2 is 2.00 bits per heavy atom. The van der Waals surface area contributed by atoms with Gasteiger partial charge in [0.25, 0.3) is 5.56 Å². The van der Waals surface area contributed by atoms with Crippen molar-refractivity contribution in [1.82, 2.24) is 19.5 Å². The van der Waals surface area contributed by atoms with Crippen LogP contribution in [0.4, 0.5) is 0 Å². The zero-order valence-electron chi connectivity index (χ0n) is 6.81. The zero-order chi connectivity index (χ0) is 9.42. The molecule has 0 aliphatic carbocycles. The highest BCUT2D eigenvalue weighted by Gasteiger charge is 2.04. The first-order valence-electron chi connectivity index (χ1n) is 3.60. The van der Waals surface area contributed by atoms with Gasteiger partial charge in [0, 0.05) is 19.4 Å². The van der Waals surface area contributed by atoms with Crippen LogP contribution in [0.25, 0.3) is 11.2 Å². The van der Waals surface area contributed by atoms with Crippen LogP contribution in [0.5, 0.6) is 0 Å². The van der Waals surface area contributed by atoms with Crippen LogP contribution >= 0.6 is 0 Å². The zero-order valence-corrected chi connectivity index (χ0v) is 6.81. The molecule has 6 heteroatoms. The van der Waals surface area contributed by atoms with Crippen LogP contribution in [0.3, 0.4) is 0 Å². The monoisotopic (exact) mass is 178 g/mol. The van der Waals surface area contributed by atoms with E-state index in [1.165, 1.54) is 19.4 Å². The maximum atomic E-state index is 11.4. The summed E-state index contributed by atoms with van der Waals surface area (Å²) in [5, 5.41) is 0. The first kappa shape index (κ1) is 7.66. The van der Waals surface area contributed by atoms with E-state index in [0.717, 1.165) is 4.57 Å². The molecule has 0 unspecified atom stereocenters. The molecule has 1 N–H and O–H groups in total. The van der Waals surface area contributed by atoms with E-state index in [4.69, 9.17) is 0 Å². The van der Waals surface area contributed by atoms with Crippen LogP contribution in [0, 0.1) is 0 Å². The van der Waals surface area contributed by atoms with Gasteiger partial charge in [-0.1, -0.05) is 0 Å². The standard InChI is InChI=1S/C7H6N4O2/c1-11-6(12)4-5(10-7(11)13)9-3-2-8-4/h2-3H,1H3,(H,9,10,13). The Morgan fingerprint density at radius 3 is 2.77 bits per heavy atom. The molecule has 0 amide bonds. The van der Waals surface area contributed by atoms with Gasteiger partial charge < -0.3 is 0 Å². The number of hydrogen-bond acceptors (Lipinski definition) is 4. The molecule has 0 saturated heterocycles. The van der Waals surface area contributed by atoms with E-state index < -0.39 is 11.2 Å². The Morgan fingerprint density at radius 1 is 1.31 bits per heavy atom. The van der Waals surface area contributed by atoms with Gasteiger partial charge in [-0.05, 0) is 0 Å². The first-order valence-corrected chi connectivity index (χ1v) is 3.60. The second-order valence-corrected chi connectivity index (χ2v) is 2.55. The predicted molar refractivity (Wildman–Crippen MR) is 45.4 cm³/mol. The number of nitrogens with zero attached hydrogens (tertiary/aromatic N) is 3. The molecule has 2 aromatic heterocycles. The Labute approximate surface area is 71.9 Å². The maximum absolute atomic E-state index is 11.4. The molecule has 0 aliphatic heterocycles. The van der Waals surface area contributed by atoms with Gasteiger partial charge in [-0.25, -0.2) is 14.8 Å². The Hall–Kier alpha value is -1.98. The van der Waals surface area contributed by atoms with Gasteiger partial charge in [0.15, 0.2) is 11.2 Å². The number of H-pyrrole nitrogens is 1. The van der Waals surface area contributed by atoms with Gasteiger partial charge in [0.2, 0.25) is 0 Å². The Bertz CT molecular complexity index is 568. The summed E-state index contributed by atoms with van der Waals surface area (Å²) in [6, 6.07) is 0. The number of aromatic nitrogens is 4. The van der Waals surface area contributed by atoms with E-state index in [2.05, 4.69) is 15.0 Å². The molecular formula is C7H6N4O2. The van der Waals surface area contributed by atoms with Crippen molar-refractivity contribution in [3.8, 4) is 0 Å². The van der Waals surface area contributed by atoms with Crippen molar-refractivity contribution in [2.24, 2.45) is 7.05 Å². The lowest BCUT2D eigenvalue weighted by atomic mass is 10.5. The molecule has 66 valence electrons. The van der Waals surface area contributed by atoms with Crippen molar-refractivity contribution >= 4 is 11.2 Å². The molecule has 0 bridgehead atoms. The summed E-state index contributed by atoms with van der Waals surface area (Å²) >= 11 is 0. The molecule has 0 spiro atoms. The second-order valence-electron chi connectivity index (χ2n) is 2.55. The number of rotatable bonds is 0. The molecule has 2 heterocycles. The van der Waals surface area contributed by atoms with Crippen LogP contribution < -0.4 is 11.2 Å². The second kappa shape index (κ2) is 2.51. The molecule has 2 aromatic rings. The fourth-order valence-corrected chi connectivity index (χ4v) is 1.02. The summed E-state index contributed by atoms with van der Waals surface area (Å²) in [5.74, 6) is 0. The normalized spacial score (nSPS) is 10.5. The van der Waals surface area contributed by atoms with Gasteiger partial charge in [-0.3, -0.25) is 14.3 Å². The summed E-state index contributed by atoms with van der Waals surface area (Å²) in [6.45, 7) is 0. The third-order valence-corrected chi connectivity index (χ3v) is 1.74. The molecule has 0 aromatic carbocycles. The van der Waals surface area contributed by atoms with Crippen molar-refractivity contribution in [3.05, 3.63) is 33.2 Å². The third kappa shape index (κ3) is 1.03. The Balaban J connectivity index is 3.12. The molecule has 2 rings (SSSR count). The highest BCUT2D eigenvalue weighted by Crippen LogP contribution is 1.92. The van der Waals surface area contributed by atoms with Gasteiger partial charge in [0.1, 0.15) is 0 Å². The average Bonchev–Trinajstić information content (AvgIpc) is 2.15. The lowest BCUT2D eigenvalue weighted by Crippen LogP contribution is -2.33. The van der Waals surface area contributed by atoms with Crippen molar-refractivity contribution in [3.63, 3.8) is 0 Å². The van der Waals surface area contributed by atoms with Crippen LogP contribution in [0.15, 0.2) is 22.0 Å². The SMILES string of the molecule is Cn1c(=O)[nH]c2nccnc2c1=O. The van der Waals surface area contributed by atoms with Crippen LogP contribution in [0.1, 0.15) is 0 Å². The van der Waals surface area contributed by atoms with Gasteiger partial charge in [-0.2, -0.15) is 0 Å². The van der Waals surface area contributed by atoms with E-state index in [1.807, 2.05) is 0 Å². The molecular weight excluding hydrogens is 172 g/mol. The topological polar surface area (TPSA) is 80.6 Å². The van der Waals surface area contributed by atoms with E-state index in [9.17, 15) is 9.59 Å². The van der Waals surface area contributed by atoms with Crippen LogP contribution in [0.2, 0.25) is 0 Å². The van der Waals surface area contributed by atoms with Crippen molar-refractivity contribution in [2.45, 2.75) is 0 Å².